The summed E-state index contributed by atoms with van der Waals surface area (Å²) in [4.78, 5) is 5.08. The molecule has 6 aromatic rings. The Labute approximate surface area is 355 Å². The predicted molar refractivity (Wildman–Crippen MR) is 255 cm³/mol. The number of rotatable bonds is 8. The van der Waals surface area contributed by atoms with Crippen LogP contribution < -0.4 is 9.80 Å². The summed E-state index contributed by atoms with van der Waals surface area (Å²) in [6.07, 6.45) is 30.2. The first kappa shape index (κ1) is 36.4. The molecule has 2 heteroatoms. The largest absolute Gasteiger partial charge is 0.337 e. The number of para-hydroxylation sites is 1. The van der Waals surface area contributed by atoms with Gasteiger partial charge in [0.15, 0.2) is 0 Å². The van der Waals surface area contributed by atoms with Gasteiger partial charge in [-0.2, -0.15) is 0 Å². The molecule has 0 saturated carbocycles. The summed E-state index contributed by atoms with van der Waals surface area (Å²) in [5.41, 5.74) is 20.9. The minimum Gasteiger partial charge on any atom is -0.337 e. The molecule has 0 radical (unpaired) electrons. The normalized spacial score (nSPS) is 18.9. The zero-order valence-corrected chi connectivity index (χ0v) is 34.2. The van der Waals surface area contributed by atoms with Crippen molar-refractivity contribution < 1.29 is 0 Å². The molecule has 0 saturated heterocycles. The van der Waals surface area contributed by atoms with E-state index in [4.69, 9.17) is 0 Å². The average Bonchev–Trinajstić information content (AvgIpc) is 3.67. The van der Waals surface area contributed by atoms with Crippen molar-refractivity contribution in [3.05, 3.63) is 222 Å². The van der Waals surface area contributed by atoms with Crippen LogP contribution in [0.25, 0.3) is 39.5 Å². The van der Waals surface area contributed by atoms with Crippen LogP contribution in [0.4, 0.5) is 22.7 Å². The number of benzene rings is 6. The molecule has 0 aromatic heterocycles. The zero-order chi connectivity index (χ0) is 39.8. The Morgan fingerprint density at radius 2 is 1.20 bits per heavy atom. The van der Waals surface area contributed by atoms with Crippen LogP contribution in [-0.2, 0) is 6.42 Å². The fourth-order valence-electron chi connectivity index (χ4n) is 10.4. The van der Waals surface area contributed by atoms with E-state index in [2.05, 4.69) is 204 Å². The summed E-state index contributed by atoms with van der Waals surface area (Å²) in [6, 6.07) is 52.7. The van der Waals surface area contributed by atoms with Crippen LogP contribution in [-0.4, -0.2) is 6.04 Å². The Bertz CT molecular complexity index is 2740. The third kappa shape index (κ3) is 6.71. The Hall–Kier alpha value is -6.64. The van der Waals surface area contributed by atoms with Gasteiger partial charge in [-0.05, 0) is 162 Å². The molecule has 292 valence electrons. The number of nitrogens with zero attached hydrogens (tertiary/aromatic N) is 2. The van der Waals surface area contributed by atoms with Crippen LogP contribution in [0.2, 0.25) is 0 Å². The van der Waals surface area contributed by atoms with Gasteiger partial charge in [0, 0.05) is 46.0 Å². The smallest absolute Gasteiger partial charge is 0.0462 e. The molecule has 2 unspecified atom stereocenters. The second-order valence-corrected chi connectivity index (χ2v) is 16.8. The van der Waals surface area contributed by atoms with Crippen LogP contribution in [0, 0.1) is 0 Å². The van der Waals surface area contributed by atoms with E-state index in [1.165, 1.54) is 79.0 Å². The van der Waals surface area contributed by atoms with Gasteiger partial charge in [-0.15, -0.1) is 0 Å². The quantitative estimate of drug-likeness (QED) is 0.142. The van der Waals surface area contributed by atoms with Crippen LogP contribution in [0.3, 0.4) is 0 Å². The fourth-order valence-corrected chi connectivity index (χ4v) is 10.4. The Balaban J connectivity index is 0.948. The van der Waals surface area contributed by atoms with E-state index in [9.17, 15) is 0 Å². The SMILES string of the molecule is C1=CCCC(c2cc(-c3ccc(N(c4ccc(C5=CCCC=C5N5c6ccccc6C6C=CCCC65)cc4)c4ccc(-c5ccccc5)cc4)cc3)cc3c2CCC=C3)=C1. The van der Waals surface area contributed by atoms with Crippen molar-refractivity contribution >= 4 is 40.0 Å². The summed E-state index contributed by atoms with van der Waals surface area (Å²) in [7, 11) is 0. The molecule has 0 spiro atoms. The number of hydrogen-bond acceptors (Lipinski definition) is 2. The van der Waals surface area contributed by atoms with Gasteiger partial charge in [0.05, 0.1) is 0 Å². The van der Waals surface area contributed by atoms with E-state index in [0.29, 0.717) is 12.0 Å². The predicted octanol–water partition coefficient (Wildman–Crippen LogP) is 15.6. The van der Waals surface area contributed by atoms with E-state index < -0.39 is 0 Å². The van der Waals surface area contributed by atoms with Gasteiger partial charge in [0.2, 0.25) is 0 Å². The second-order valence-electron chi connectivity index (χ2n) is 16.8. The molecule has 0 bridgehead atoms. The molecular weight excluding hydrogens is 725 g/mol. The maximum absolute atomic E-state index is 2.68. The van der Waals surface area contributed by atoms with Crippen LogP contribution in [0.15, 0.2) is 194 Å². The van der Waals surface area contributed by atoms with Gasteiger partial charge in [-0.1, -0.05) is 140 Å². The van der Waals surface area contributed by atoms with Crippen LogP contribution >= 0.6 is 0 Å². The summed E-state index contributed by atoms with van der Waals surface area (Å²) in [5, 5.41) is 0. The lowest BCUT2D eigenvalue weighted by atomic mass is 9.84. The van der Waals surface area contributed by atoms with Gasteiger partial charge in [0.1, 0.15) is 0 Å². The molecule has 2 nitrogen and oxygen atoms in total. The van der Waals surface area contributed by atoms with Gasteiger partial charge in [-0.25, -0.2) is 0 Å². The summed E-state index contributed by atoms with van der Waals surface area (Å²) in [5.74, 6) is 0.451. The first-order valence-corrected chi connectivity index (χ1v) is 22.1. The van der Waals surface area contributed by atoms with Gasteiger partial charge < -0.3 is 9.80 Å². The van der Waals surface area contributed by atoms with Crippen molar-refractivity contribution in [3.63, 3.8) is 0 Å². The number of anilines is 4. The monoisotopic (exact) mass is 774 g/mol. The number of allylic oxidation sites excluding steroid dienone is 9. The fraction of sp³-hybridized carbons (Fsp3) is 0.172. The lowest BCUT2D eigenvalue weighted by molar-refractivity contribution is 0.556. The first-order valence-electron chi connectivity index (χ1n) is 22.1. The minimum atomic E-state index is 0.451. The van der Waals surface area contributed by atoms with Gasteiger partial charge in [-0.3, -0.25) is 0 Å². The van der Waals surface area contributed by atoms with Crippen molar-refractivity contribution in [1.82, 2.24) is 0 Å². The lowest BCUT2D eigenvalue weighted by Gasteiger charge is -2.35. The van der Waals surface area contributed by atoms with Crippen LogP contribution in [0.5, 0.6) is 0 Å². The van der Waals surface area contributed by atoms with E-state index in [1.54, 1.807) is 0 Å². The second kappa shape index (κ2) is 15.8. The Morgan fingerprint density at radius 1 is 0.533 bits per heavy atom. The zero-order valence-electron chi connectivity index (χ0n) is 34.2. The molecule has 1 aliphatic heterocycles. The molecule has 0 fully saturated rings. The molecular formula is C58H50N2. The molecule has 2 atom stereocenters. The molecule has 5 aliphatic rings. The summed E-state index contributed by atoms with van der Waals surface area (Å²) in [6.45, 7) is 0. The number of fused-ring (bicyclic) bond motifs is 4. The van der Waals surface area contributed by atoms with Crippen molar-refractivity contribution in [2.75, 3.05) is 9.80 Å². The standard InChI is InChI=1S/C58H50N2/c1-3-15-41(16-4-1)42-27-33-48(34-28-42)59(49-35-29-43(30-36-49)47-39-46-19-7-8-20-51(46)55(40-47)44-17-5-2-6-18-44)50-37-31-45(32-38-50)52-21-9-12-24-56(52)60-57-25-13-10-22-53(57)54-23-11-14-26-58(54)60/h1-5,7,10-11,13,15-17,19,21-25,27-40,54,58H,6,8-9,12,14,18,20,26H2. The third-order valence-electron chi connectivity index (χ3n) is 13.3. The average molecular weight is 775 g/mol. The van der Waals surface area contributed by atoms with Crippen molar-refractivity contribution in [1.29, 1.82) is 0 Å². The highest BCUT2D eigenvalue weighted by Crippen LogP contribution is 2.50. The highest BCUT2D eigenvalue weighted by molar-refractivity contribution is 5.89. The lowest BCUT2D eigenvalue weighted by Crippen LogP contribution is -2.35. The molecule has 6 aromatic carbocycles. The maximum atomic E-state index is 2.68. The third-order valence-corrected chi connectivity index (χ3v) is 13.3. The maximum Gasteiger partial charge on any atom is 0.0462 e. The molecule has 0 N–H and O–H groups in total. The van der Waals surface area contributed by atoms with Crippen LogP contribution in [0.1, 0.15) is 78.7 Å². The van der Waals surface area contributed by atoms with Gasteiger partial charge in [0.25, 0.3) is 0 Å². The Kier molecular flexibility index (Phi) is 9.62. The number of hydrogen-bond donors (Lipinski definition) is 0. The van der Waals surface area contributed by atoms with Crippen molar-refractivity contribution in [2.24, 2.45) is 0 Å². The van der Waals surface area contributed by atoms with E-state index in [1.807, 2.05) is 0 Å². The highest BCUT2D eigenvalue weighted by Gasteiger charge is 2.40. The van der Waals surface area contributed by atoms with Crippen molar-refractivity contribution in [2.45, 2.75) is 63.3 Å². The van der Waals surface area contributed by atoms with E-state index in [-0.39, 0.29) is 0 Å². The summed E-state index contributed by atoms with van der Waals surface area (Å²) >= 11 is 0. The molecule has 0 amide bonds. The first-order chi connectivity index (χ1) is 29.8. The van der Waals surface area contributed by atoms with E-state index >= 15 is 0 Å². The summed E-state index contributed by atoms with van der Waals surface area (Å²) < 4.78 is 0. The molecule has 1 heterocycles. The topological polar surface area (TPSA) is 6.48 Å². The minimum absolute atomic E-state index is 0.451. The van der Waals surface area contributed by atoms with E-state index in [0.717, 1.165) is 62.0 Å². The Morgan fingerprint density at radius 3 is 1.95 bits per heavy atom. The van der Waals surface area contributed by atoms with Crippen molar-refractivity contribution in [3.8, 4) is 22.3 Å². The highest BCUT2D eigenvalue weighted by atomic mass is 15.2. The molecule has 11 rings (SSSR count). The molecule has 60 heavy (non-hydrogen) atoms. The molecule has 4 aliphatic carbocycles. The van der Waals surface area contributed by atoms with Gasteiger partial charge >= 0.3 is 0 Å².